The Morgan fingerprint density at radius 2 is 2.17 bits per heavy atom. The van der Waals surface area contributed by atoms with E-state index in [2.05, 4.69) is 20.5 Å². The molecule has 1 unspecified atom stereocenters. The largest absolute Gasteiger partial charge is 0.443 e. The lowest BCUT2D eigenvalue weighted by Gasteiger charge is -2.36. The molecule has 1 fully saturated rings. The Bertz CT molecular complexity index is 944. The first-order chi connectivity index (χ1) is 13.8. The van der Waals surface area contributed by atoms with Crippen LogP contribution in [0.5, 0.6) is 0 Å². The van der Waals surface area contributed by atoms with Gasteiger partial charge < -0.3 is 15.5 Å². The Kier molecular flexibility index (Phi) is 5.20. The van der Waals surface area contributed by atoms with Gasteiger partial charge in [-0.1, -0.05) is 0 Å². The highest BCUT2D eigenvalue weighted by Gasteiger charge is 2.34. The summed E-state index contributed by atoms with van der Waals surface area (Å²) in [6.45, 7) is 0.815. The van der Waals surface area contributed by atoms with Gasteiger partial charge in [-0.2, -0.15) is 13.2 Å². The van der Waals surface area contributed by atoms with E-state index in [-0.39, 0.29) is 18.5 Å². The molecule has 4 rings (SSSR count). The van der Waals surface area contributed by atoms with Crippen molar-refractivity contribution in [3.63, 3.8) is 0 Å². The highest BCUT2D eigenvalue weighted by Crippen LogP contribution is 2.36. The van der Waals surface area contributed by atoms with E-state index in [0.717, 1.165) is 37.7 Å². The van der Waals surface area contributed by atoms with Crippen LogP contribution in [0.25, 0.3) is 0 Å². The fourth-order valence-electron chi connectivity index (χ4n) is 3.76. The minimum atomic E-state index is -4.49. The Hall–Kier alpha value is -2.62. The highest BCUT2D eigenvalue weighted by molar-refractivity contribution is 7.11. The number of fused-ring (bicyclic) bond motifs is 3. The molecule has 0 bridgehead atoms. The molecule has 2 aliphatic rings. The van der Waals surface area contributed by atoms with E-state index in [1.165, 1.54) is 0 Å². The predicted octanol–water partition coefficient (Wildman–Crippen LogP) is 3.79. The monoisotopic (exact) mass is 424 g/mol. The SMILES string of the molecule is O=C1CC2CCCCN2c2ccc(C(=O)NCc3cnc(C(F)(F)F)s3)cc2N1. The van der Waals surface area contributed by atoms with Crippen molar-refractivity contribution in [1.82, 2.24) is 10.3 Å². The number of halogens is 3. The molecule has 6 nitrogen and oxygen atoms in total. The van der Waals surface area contributed by atoms with E-state index >= 15 is 0 Å². The number of nitrogens with zero attached hydrogens (tertiary/aromatic N) is 2. The number of anilines is 2. The van der Waals surface area contributed by atoms with Gasteiger partial charge in [0.2, 0.25) is 5.91 Å². The maximum atomic E-state index is 12.6. The standard InChI is InChI=1S/C19H19F3N4O2S/c20-19(21,22)18-24-10-13(29-18)9-23-17(28)11-4-5-15-14(7-11)25-16(27)8-12-3-1-2-6-26(12)15/h4-5,7,10,12H,1-3,6,8-9H2,(H,23,28)(H,25,27). The molecule has 2 N–H and O–H groups in total. The molecule has 0 aliphatic carbocycles. The number of carbonyl (C=O) groups is 2. The van der Waals surface area contributed by atoms with E-state index in [4.69, 9.17) is 0 Å². The Morgan fingerprint density at radius 1 is 1.34 bits per heavy atom. The third-order valence-electron chi connectivity index (χ3n) is 5.11. The van der Waals surface area contributed by atoms with Crippen LogP contribution in [0.15, 0.2) is 24.4 Å². The fraction of sp³-hybridized carbons (Fsp3) is 0.421. The highest BCUT2D eigenvalue weighted by atomic mass is 32.1. The quantitative estimate of drug-likeness (QED) is 0.786. The van der Waals surface area contributed by atoms with Gasteiger partial charge in [-0.15, -0.1) is 11.3 Å². The van der Waals surface area contributed by atoms with Crippen LogP contribution in [0.1, 0.15) is 45.9 Å². The molecule has 3 heterocycles. The normalized spacial score (nSPS) is 19.1. The number of carbonyl (C=O) groups excluding carboxylic acids is 2. The molecule has 29 heavy (non-hydrogen) atoms. The fourth-order valence-corrected chi connectivity index (χ4v) is 4.48. The number of aromatic nitrogens is 1. The second kappa shape index (κ2) is 7.66. The lowest BCUT2D eigenvalue weighted by Crippen LogP contribution is -2.39. The molecule has 10 heteroatoms. The minimum absolute atomic E-state index is 0.0514. The topological polar surface area (TPSA) is 74.3 Å². The van der Waals surface area contributed by atoms with Crippen LogP contribution < -0.4 is 15.5 Å². The van der Waals surface area contributed by atoms with Gasteiger partial charge in [0, 0.05) is 35.6 Å². The number of thiazole rings is 1. The number of benzene rings is 1. The molecular formula is C19H19F3N4O2S. The van der Waals surface area contributed by atoms with Gasteiger partial charge in [0.15, 0.2) is 5.01 Å². The van der Waals surface area contributed by atoms with E-state index in [1.54, 1.807) is 12.1 Å². The van der Waals surface area contributed by atoms with Crippen LogP contribution in [-0.4, -0.2) is 29.4 Å². The van der Waals surface area contributed by atoms with Crippen LogP contribution in [0.2, 0.25) is 0 Å². The molecular weight excluding hydrogens is 405 g/mol. The van der Waals surface area contributed by atoms with Gasteiger partial charge in [0.05, 0.1) is 17.9 Å². The summed E-state index contributed by atoms with van der Waals surface area (Å²) >= 11 is 0.501. The van der Waals surface area contributed by atoms with Crippen LogP contribution in [0.4, 0.5) is 24.5 Å². The Morgan fingerprint density at radius 3 is 2.93 bits per heavy atom. The van der Waals surface area contributed by atoms with Gasteiger partial charge in [-0.05, 0) is 37.5 Å². The third-order valence-corrected chi connectivity index (χ3v) is 6.15. The average molecular weight is 424 g/mol. The summed E-state index contributed by atoms with van der Waals surface area (Å²) in [5.41, 5.74) is 1.82. The molecule has 0 radical (unpaired) electrons. The number of amides is 2. The maximum Gasteiger partial charge on any atom is 0.443 e. The third kappa shape index (κ3) is 4.21. The molecule has 0 saturated carbocycles. The minimum Gasteiger partial charge on any atom is -0.366 e. The van der Waals surface area contributed by atoms with Crippen molar-refractivity contribution in [1.29, 1.82) is 0 Å². The molecule has 154 valence electrons. The number of nitrogens with one attached hydrogen (secondary N) is 2. The zero-order valence-corrected chi connectivity index (χ0v) is 16.2. The van der Waals surface area contributed by atoms with Gasteiger partial charge in [0.1, 0.15) is 0 Å². The summed E-state index contributed by atoms with van der Waals surface area (Å²) in [7, 11) is 0. The van der Waals surface area contributed by atoms with E-state index in [0.29, 0.717) is 33.9 Å². The number of rotatable bonds is 3. The van der Waals surface area contributed by atoms with Crippen LogP contribution in [0.3, 0.4) is 0 Å². The van der Waals surface area contributed by atoms with E-state index < -0.39 is 17.1 Å². The number of piperidine rings is 1. The second-order valence-electron chi connectivity index (χ2n) is 7.14. The molecule has 2 aliphatic heterocycles. The van der Waals surface area contributed by atoms with Crippen molar-refractivity contribution < 1.29 is 22.8 Å². The van der Waals surface area contributed by atoms with Gasteiger partial charge in [0.25, 0.3) is 5.91 Å². The van der Waals surface area contributed by atoms with Crippen LogP contribution in [0, 0.1) is 0 Å². The summed E-state index contributed by atoms with van der Waals surface area (Å²) in [6, 6.07) is 5.28. The van der Waals surface area contributed by atoms with Crippen molar-refractivity contribution in [3.05, 3.63) is 39.8 Å². The molecule has 1 aromatic carbocycles. The molecule has 1 saturated heterocycles. The van der Waals surface area contributed by atoms with E-state index in [9.17, 15) is 22.8 Å². The first kappa shape index (κ1) is 19.7. The maximum absolute atomic E-state index is 12.6. The Labute approximate surface area is 169 Å². The number of hydrogen-bond donors (Lipinski definition) is 2. The molecule has 1 aromatic heterocycles. The van der Waals surface area contributed by atoms with Crippen molar-refractivity contribution in [2.24, 2.45) is 0 Å². The predicted molar refractivity (Wildman–Crippen MR) is 103 cm³/mol. The summed E-state index contributed by atoms with van der Waals surface area (Å²) in [4.78, 5) is 30.6. The molecule has 2 aromatic rings. The van der Waals surface area contributed by atoms with E-state index in [1.807, 2.05) is 6.07 Å². The lowest BCUT2D eigenvalue weighted by atomic mass is 9.98. The van der Waals surface area contributed by atoms with Gasteiger partial charge in [-0.3, -0.25) is 9.59 Å². The first-order valence-corrected chi connectivity index (χ1v) is 10.1. The Balaban J connectivity index is 1.49. The smallest absolute Gasteiger partial charge is 0.366 e. The van der Waals surface area contributed by atoms with Crippen molar-refractivity contribution in [2.45, 2.75) is 44.4 Å². The number of hydrogen-bond acceptors (Lipinski definition) is 5. The molecule has 1 atom stereocenters. The van der Waals surface area contributed by atoms with Gasteiger partial charge in [-0.25, -0.2) is 4.98 Å². The summed E-state index contributed by atoms with van der Waals surface area (Å²) in [5.74, 6) is -0.508. The molecule has 0 spiro atoms. The summed E-state index contributed by atoms with van der Waals surface area (Å²) < 4.78 is 37.9. The lowest BCUT2D eigenvalue weighted by molar-refractivity contribution is -0.137. The van der Waals surface area contributed by atoms with Crippen molar-refractivity contribution in [3.8, 4) is 0 Å². The second-order valence-corrected chi connectivity index (χ2v) is 8.25. The average Bonchev–Trinajstić information content (AvgIpc) is 3.11. The summed E-state index contributed by atoms with van der Waals surface area (Å²) in [6.07, 6.45) is 0.155. The van der Waals surface area contributed by atoms with Crippen LogP contribution in [-0.2, 0) is 17.5 Å². The van der Waals surface area contributed by atoms with Crippen molar-refractivity contribution >= 4 is 34.5 Å². The zero-order chi connectivity index (χ0) is 20.6. The van der Waals surface area contributed by atoms with Crippen molar-refractivity contribution in [2.75, 3.05) is 16.8 Å². The zero-order valence-electron chi connectivity index (χ0n) is 15.4. The molecule has 2 amide bonds. The van der Waals surface area contributed by atoms with Crippen LogP contribution >= 0.6 is 11.3 Å². The van der Waals surface area contributed by atoms with Gasteiger partial charge >= 0.3 is 6.18 Å². The number of alkyl halides is 3. The summed E-state index contributed by atoms with van der Waals surface area (Å²) in [5, 5.41) is 4.54. The first-order valence-electron chi connectivity index (χ1n) is 9.32.